The van der Waals surface area contributed by atoms with Crippen molar-refractivity contribution < 1.29 is 19.5 Å². The number of Topliss-reactive ketones (excluding diaryl/α,β-unsaturated/α-hetero) is 1. The predicted molar refractivity (Wildman–Crippen MR) is 83.3 cm³/mol. The van der Waals surface area contributed by atoms with Gasteiger partial charge in [0.25, 0.3) is 0 Å². The summed E-state index contributed by atoms with van der Waals surface area (Å²) in [5.74, 6) is -1.07. The Morgan fingerprint density at radius 3 is 1.76 bits per heavy atom. The molecule has 120 valence electrons. The van der Waals surface area contributed by atoms with Crippen LogP contribution in [0.15, 0.2) is 11.1 Å². The Morgan fingerprint density at radius 2 is 1.29 bits per heavy atom. The quantitative estimate of drug-likeness (QED) is 0.316. The largest absolute Gasteiger partial charge is 0.478 e. The number of aliphatic carboxylic acids is 1. The van der Waals surface area contributed by atoms with E-state index in [1.807, 2.05) is 0 Å². The maximum atomic E-state index is 11.8. The Labute approximate surface area is 127 Å². The second-order valence-electron chi connectivity index (χ2n) is 5.51. The molecule has 0 saturated carbocycles. The van der Waals surface area contributed by atoms with E-state index in [0.717, 1.165) is 44.8 Å². The van der Waals surface area contributed by atoms with Crippen LogP contribution in [0.25, 0.3) is 0 Å². The molecule has 21 heavy (non-hydrogen) atoms. The van der Waals surface area contributed by atoms with Crippen LogP contribution in [0.4, 0.5) is 0 Å². The molecule has 0 aromatic carbocycles. The van der Waals surface area contributed by atoms with Gasteiger partial charge in [0, 0.05) is 24.0 Å². The van der Waals surface area contributed by atoms with Gasteiger partial charge in [-0.05, 0) is 26.7 Å². The van der Waals surface area contributed by atoms with Gasteiger partial charge in [0.15, 0.2) is 5.78 Å². The van der Waals surface area contributed by atoms with Gasteiger partial charge in [-0.1, -0.05) is 38.5 Å². The van der Waals surface area contributed by atoms with Crippen LogP contribution in [0.3, 0.4) is 0 Å². The van der Waals surface area contributed by atoms with Crippen LogP contribution in [0.5, 0.6) is 0 Å². The highest BCUT2D eigenvalue weighted by Crippen LogP contribution is 2.13. The zero-order valence-electron chi connectivity index (χ0n) is 13.3. The van der Waals surface area contributed by atoms with Crippen molar-refractivity contribution in [3.8, 4) is 0 Å². The zero-order chi connectivity index (χ0) is 16.1. The molecule has 0 unspecified atom stereocenters. The van der Waals surface area contributed by atoms with Crippen LogP contribution in [-0.2, 0) is 14.4 Å². The zero-order valence-corrected chi connectivity index (χ0v) is 13.3. The second-order valence-corrected chi connectivity index (χ2v) is 5.51. The third-order valence-corrected chi connectivity index (χ3v) is 3.78. The highest BCUT2D eigenvalue weighted by molar-refractivity contribution is 6.02. The standard InChI is InChI=1S/C17H28O4/c1-14(15(2)17(20)21)16(19)12-10-8-6-4-3-5-7-9-11-13-18/h13H,3-12H2,1-2H3,(H,20,21). The molecular weight excluding hydrogens is 268 g/mol. The Kier molecular flexibility index (Phi) is 11.5. The van der Waals surface area contributed by atoms with Gasteiger partial charge in [0.05, 0.1) is 0 Å². The number of aldehydes is 1. The van der Waals surface area contributed by atoms with Gasteiger partial charge in [-0.25, -0.2) is 4.79 Å². The maximum absolute atomic E-state index is 11.8. The average Bonchev–Trinajstić information content (AvgIpc) is 2.47. The van der Waals surface area contributed by atoms with Crippen molar-refractivity contribution in [2.24, 2.45) is 0 Å². The fourth-order valence-electron chi connectivity index (χ4n) is 2.13. The molecule has 0 aliphatic heterocycles. The summed E-state index contributed by atoms with van der Waals surface area (Å²) in [4.78, 5) is 32.7. The number of rotatable bonds is 13. The Bertz CT molecular complexity index is 369. The van der Waals surface area contributed by atoms with Gasteiger partial charge in [-0.3, -0.25) is 4.79 Å². The smallest absolute Gasteiger partial charge is 0.331 e. The predicted octanol–water partition coefficient (Wildman–Crippen LogP) is 4.08. The van der Waals surface area contributed by atoms with Crippen LogP contribution in [0.1, 0.15) is 78.1 Å². The first-order chi connectivity index (χ1) is 10.0. The van der Waals surface area contributed by atoms with E-state index >= 15 is 0 Å². The average molecular weight is 296 g/mol. The van der Waals surface area contributed by atoms with Gasteiger partial charge in [0.2, 0.25) is 0 Å². The Hall–Kier alpha value is -1.45. The molecule has 0 radical (unpaired) electrons. The minimum Gasteiger partial charge on any atom is -0.478 e. The first-order valence-electron chi connectivity index (χ1n) is 7.88. The summed E-state index contributed by atoms with van der Waals surface area (Å²) in [6.45, 7) is 3.06. The summed E-state index contributed by atoms with van der Waals surface area (Å²) in [6.07, 6.45) is 10.7. The summed E-state index contributed by atoms with van der Waals surface area (Å²) in [7, 11) is 0. The van der Waals surface area contributed by atoms with E-state index in [0.29, 0.717) is 18.4 Å². The van der Waals surface area contributed by atoms with E-state index in [1.165, 1.54) is 19.8 Å². The lowest BCUT2D eigenvalue weighted by molar-refractivity contribution is -0.133. The van der Waals surface area contributed by atoms with Crippen molar-refractivity contribution >= 4 is 18.0 Å². The van der Waals surface area contributed by atoms with Gasteiger partial charge >= 0.3 is 5.97 Å². The van der Waals surface area contributed by atoms with Gasteiger partial charge < -0.3 is 9.90 Å². The summed E-state index contributed by atoms with van der Waals surface area (Å²) in [5.41, 5.74) is 0.521. The number of unbranched alkanes of at least 4 members (excludes halogenated alkanes) is 8. The summed E-state index contributed by atoms with van der Waals surface area (Å²) >= 11 is 0. The summed E-state index contributed by atoms with van der Waals surface area (Å²) in [6, 6.07) is 0. The highest BCUT2D eigenvalue weighted by atomic mass is 16.4. The Morgan fingerprint density at radius 1 is 0.810 bits per heavy atom. The van der Waals surface area contributed by atoms with Crippen molar-refractivity contribution in [2.75, 3.05) is 0 Å². The van der Waals surface area contributed by atoms with Crippen LogP contribution >= 0.6 is 0 Å². The van der Waals surface area contributed by atoms with E-state index in [-0.39, 0.29) is 11.4 Å². The molecular formula is C17H28O4. The normalized spacial score (nSPS) is 11.9. The number of carbonyl (C=O) groups excluding carboxylic acids is 2. The fourth-order valence-corrected chi connectivity index (χ4v) is 2.13. The van der Waals surface area contributed by atoms with Crippen LogP contribution in [0, 0.1) is 0 Å². The lowest BCUT2D eigenvalue weighted by Crippen LogP contribution is -2.07. The van der Waals surface area contributed by atoms with E-state index in [1.54, 1.807) is 6.92 Å². The number of hydrogen-bond donors (Lipinski definition) is 1. The van der Waals surface area contributed by atoms with Crippen molar-refractivity contribution in [2.45, 2.75) is 78.1 Å². The van der Waals surface area contributed by atoms with Gasteiger partial charge in [-0.2, -0.15) is 0 Å². The molecule has 0 spiro atoms. The minimum absolute atomic E-state index is 0.0521. The van der Waals surface area contributed by atoms with Crippen LogP contribution in [0.2, 0.25) is 0 Å². The summed E-state index contributed by atoms with van der Waals surface area (Å²) in [5, 5.41) is 8.82. The lowest BCUT2D eigenvalue weighted by atomic mass is 10.0. The molecule has 0 saturated heterocycles. The molecule has 0 fully saturated rings. The molecule has 0 aromatic heterocycles. The van der Waals surface area contributed by atoms with Crippen molar-refractivity contribution in [3.63, 3.8) is 0 Å². The third-order valence-electron chi connectivity index (χ3n) is 3.78. The second kappa shape index (κ2) is 12.3. The molecule has 4 nitrogen and oxygen atoms in total. The third kappa shape index (κ3) is 9.99. The number of allylic oxidation sites excluding steroid dienone is 1. The molecule has 0 rings (SSSR count). The molecule has 0 bridgehead atoms. The first kappa shape index (κ1) is 19.6. The molecule has 1 N–H and O–H groups in total. The Balaban J connectivity index is 3.59. The van der Waals surface area contributed by atoms with Crippen LogP contribution in [-0.4, -0.2) is 23.1 Å². The molecule has 0 atom stereocenters. The van der Waals surface area contributed by atoms with E-state index in [2.05, 4.69) is 0 Å². The number of carboxylic acids is 1. The monoisotopic (exact) mass is 296 g/mol. The SMILES string of the molecule is CC(C(=O)O)=C(C)C(=O)CCCCCCCCCCC=O. The van der Waals surface area contributed by atoms with Crippen LogP contribution < -0.4 is 0 Å². The summed E-state index contributed by atoms with van der Waals surface area (Å²) < 4.78 is 0. The van der Waals surface area contributed by atoms with E-state index < -0.39 is 5.97 Å². The highest BCUT2D eigenvalue weighted by Gasteiger charge is 2.11. The number of carboxylic acid groups (broad SMARTS) is 1. The van der Waals surface area contributed by atoms with E-state index in [9.17, 15) is 14.4 Å². The minimum atomic E-state index is -1.02. The topological polar surface area (TPSA) is 71.4 Å². The van der Waals surface area contributed by atoms with Crippen molar-refractivity contribution in [1.29, 1.82) is 0 Å². The fraction of sp³-hybridized carbons (Fsp3) is 0.706. The first-order valence-corrected chi connectivity index (χ1v) is 7.88. The number of hydrogen-bond acceptors (Lipinski definition) is 3. The molecule has 0 heterocycles. The molecule has 0 aliphatic carbocycles. The number of carbonyl (C=O) groups is 3. The molecule has 4 heteroatoms. The maximum Gasteiger partial charge on any atom is 0.331 e. The lowest BCUT2D eigenvalue weighted by Gasteiger charge is -2.04. The van der Waals surface area contributed by atoms with Crippen molar-refractivity contribution in [1.82, 2.24) is 0 Å². The van der Waals surface area contributed by atoms with Crippen molar-refractivity contribution in [3.05, 3.63) is 11.1 Å². The molecule has 0 aromatic rings. The molecule has 0 aliphatic rings. The molecule has 0 amide bonds. The van der Waals surface area contributed by atoms with Gasteiger partial charge in [0.1, 0.15) is 6.29 Å². The van der Waals surface area contributed by atoms with E-state index in [4.69, 9.17) is 5.11 Å². The number of ketones is 1. The van der Waals surface area contributed by atoms with Gasteiger partial charge in [-0.15, -0.1) is 0 Å².